The molecule has 0 bridgehead atoms. The fourth-order valence-corrected chi connectivity index (χ4v) is 3.51. The van der Waals surface area contributed by atoms with E-state index in [1.54, 1.807) is 0 Å². The number of aliphatic hydroxyl groups is 1. The SMILES string of the molecule is OCCSCCCCCCCCCCCCC#CC1CCC1. The van der Waals surface area contributed by atoms with Gasteiger partial charge >= 0.3 is 0 Å². The molecule has 0 aliphatic heterocycles. The van der Waals surface area contributed by atoms with Gasteiger partial charge in [-0.3, -0.25) is 0 Å². The van der Waals surface area contributed by atoms with Gasteiger partial charge in [0, 0.05) is 18.1 Å². The molecular weight excluding hydrogens is 288 g/mol. The smallest absolute Gasteiger partial charge is 0.0521 e. The lowest BCUT2D eigenvalue weighted by molar-refractivity contribution is 0.322. The largest absolute Gasteiger partial charge is 0.396 e. The Morgan fingerprint density at radius 3 is 1.91 bits per heavy atom. The maximum atomic E-state index is 8.68. The van der Waals surface area contributed by atoms with Crippen molar-refractivity contribution in [1.82, 2.24) is 0 Å². The average molecular weight is 325 g/mol. The standard InChI is InChI=1S/C20H36OS/c21-17-19-22-18-12-10-8-6-4-2-1-3-5-7-9-11-14-20-15-13-16-20/h20-21H,1-10,12-13,15-19H2. The Hall–Kier alpha value is -0.130. The Morgan fingerprint density at radius 2 is 1.36 bits per heavy atom. The van der Waals surface area contributed by atoms with Crippen LogP contribution in [0.25, 0.3) is 0 Å². The van der Waals surface area contributed by atoms with E-state index >= 15 is 0 Å². The number of thioether (sulfide) groups is 1. The summed E-state index contributed by atoms with van der Waals surface area (Å²) in [7, 11) is 0. The third-order valence-electron chi connectivity index (χ3n) is 4.49. The van der Waals surface area contributed by atoms with Crippen LogP contribution >= 0.6 is 11.8 Å². The summed E-state index contributed by atoms with van der Waals surface area (Å²) in [5, 5.41) is 8.68. The van der Waals surface area contributed by atoms with E-state index in [1.807, 2.05) is 11.8 Å². The minimum atomic E-state index is 0.331. The highest BCUT2D eigenvalue weighted by Crippen LogP contribution is 2.25. The molecule has 0 radical (unpaired) electrons. The van der Waals surface area contributed by atoms with E-state index < -0.39 is 0 Å². The molecule has 0 aromatic heterocycles. The van der Waals surface area contributed by atoms with Crippen LogP contribution in [0.5, 0.6) is 0 Å². The van der Waals surface area contributed by atoms with Crippen molar-refractivity contribution >= 4 is 11.8 Å². The molecule has 22 heavy (non-hydrogen) atoms. The van der Waals surface area contributed by atoms with Gasteiger partial charge in [0.05, 0.1) is 6.61 Å². The second-order valence-electron chi connectivity index (χ2n) is 6.57. The summed E-state index contributed by atoms with van der Waals surface area (Å²) < 4.78 is 0. The molecule has 1 aliphatic carbocycles. The number of hydrogen-bond donors (Lipinski definition) is 1. The molecule has 0 saturated heterocycles. The molecule has 1 rings (SSSR count). The van der Waals surface area contributed by atoms with Crippen molar-refractivity contribution in [2.24, 2.45) is 5.92 Å². The molecule has 128 valence electrons. The Bertz CT molecular complexity index is 288. The number of aliphatic hydroxyl groups excluding tert-OH is 1. The lowest BCUT2D eigenvalue weighted by atomic mass is 9.86. The minimum Gasteiger partial charge on any atom is -0.396 e. The second-order valence-corrected chi connectivity index (χ2v) is 7.80. The van der Waals surface area contributed by atoms with E-state index in [0.717, 1.165) is 18.1 Å². The zero-order valence-corrected chi connectivity index (χ0v) is 15.3. The van der Waals surface area contributed by atoms with E-state index in [9.17, 15) is 0 Å². The summed E-state index contributed by atoms with van der Waals surface area (Å²) in [4.78, 5) is 0. The van der Waals surface area contributed by atoms with Crippen LogP contribution in [0.2, 0.25) is 0 Å². The first-order valence-corrected chi connectivity index (χ1v) is 10.8. The van der Waals surface area contributed by atoms with E-state index in [4.69, 9.17) is 5.11 Å². The number of unbranched alkanes of at least 4 members (excludes halogenated alkanes) is 10. The predicted octanol–water partition coefficient (Wildman–Crippen LogP) is 5.81. The van der Waals surface area contributed by atoms with Crippen LogP contribution in [-0.2, 0) is 0 Å². The Labute approximate surface area is 143 Å². The fourth-order valence-electron chi connectivity index (χ4n) is 2.77. The summed E-state index contributed by atoms with van der Waals surface area (Å²) in [6, 6.07) is 0. The van der Waals surface area contributed by atoms with E-state index in [2.05, 4.69) is 11.8 Å². The van der Waals surface area contributed by atoms with Crippen molar-refractivity contribution in [3.8, 4) is 11.8 Å². The monoisotopic (exact) mass is 324 g/mol. The highest BCUT2D eigenvalue weighted by atomic mass is 32.2. The zero-order valence-electron chi connectivity index (χ0n) is 14.5. The summed E-state index contributed by atoms with van der Waals surface area (Å²) in [6.45, 7) is 0.331. The molecule has 2 heteroatoms. The van der Waals surface area contributed by atoms with Gasteiger partial charge in [0.1, 0.15) is 0 Å². The molecule has 0 aromatic carbocycles. The molecule has 0 unspecified atom stereocenters. The van der Waals surface area contributed by atoms with Gasteiger partial charge in [-0.15, -0.1) is 5.92 Å². The number of rotatable bonds is 14. The fraction of sp³-hybridized carbons (Fsp3) is 0.900. The third kappa shape index (κ3) is 12.4. The summed E-state index contributed by atoms with van der Waals surface area (Å²) in [5.74, 6) is 9.66. The molecule has 1 aliphatic rings. The maximum Gasteiger partial charge on any atom is 0.0521 e. The molecule has 1 fully saturated rings. The second kappa shape index (κ2) is 15.8. The van der Waals surface area contributed by atoms with E-state index in [0.29, 0.717) is 6.61 Å². The molecule has 0 heterocycles. The van der Waals surface area contributed by atoms with Gasteiger partial charge in [-0.25, -0.2) is 0 Å². The molecule has 0 spiro atoms. The Balaban J connectivity index is 1.66. The molecular formula is C20H36OS. The van der Waals surface area contributed by atoms with Gasteiger partial charge in [-0.1, -0.05) is 63.7 Å². The van der Waals surface area contributed by atoms with Crippen LogP contribution in [0.1, 0.15) is 89.9 Å². The van der Waals surface area contributed by atoms with Gasteiger partial charge in [-0.05, 0) is 31.4 Å². The van der Waals surface area contributed by atoms with Crippen LogP contribution in [0.3, 0.4) is 0 Å². The quantitative estimate of drug-likeness (QED) is 0.321. The topological polar surface area (TPSA) is 20.2 Å². The average Bonchev–Trinajstić information content (AvgIpc) is 2.48. The molecule has 1 N–H and O–H groups in total. The molecule has 1 saturated carbocycles. The highest BCUT2D eigenvalue weighted by molar-refractivity contribution is 7.99. The van der Waals surface area contributed by atoms with Gasteiger partial charge in [0.25, 0.3) is 0 Å². The third-order valence-corrected chi connectivity index (χ3v) is 5.54. The first-order valence-electron chi connectivity index (χ1n) is 9.60. The van der Waals surface area contributed by atoms with Crippen molar-refractivity contribution in [3.05, 3.63) is 0 Å². The summed E-state index contributed by atoms with van der Waals surface area (Å²) >= 11 is 1.88. The minimum absolute atomic E-state index is 0.331. The van der Waals surface area contributed by atoms with Crippen LogP contribution in [0.4, 0.5) is 0 Å². The van der Waals surface area contributed by atoms with Gasteiger partial charge in [0.2, 0.25) is 0 Å². The Kier molecular flexibility index (Phi) is 14.3. The Morgan fingerprint density at radius 1 is 0.773 bits per heavy atom. The van der Waals surface area contributed by atoms with Crippen LogP contribution in [0, 0.1) is 17.8 Å². The van der Waals surface area contributed by atoms with E-state index in [-0.39, 0.29) is 0 Å². The zero-order chi connectivity index (χ0) is 15.7. The molecule has 0 atom stereocenters. The van der Waals surface area contributed by atoms with Crippen molar-refractivity contribution in [2.45, 2.75) is 89.9 Å². The lowest BCUT2D eigenvalue weighted by Crippen LogP contribution is -2.07. The molecule has 0 aromatic rings. The first-order chi connectivity index (χ1) is 10.9. The van der Waals surface area contributed by atoms with Crippen molar-refractivity contribution in [3.63, 3.8) is 0 Å². The van der Waals surface area contributed by atoms with Crippen molar-refractivity contribution < 1.29 is 5.11 Å². The lowest BCUT2D eigenvalue weighted by Gasteiger charge is -2.18. The highest BCUT2D eigenvalue weighted by Gasteiger charge is 2.13. The predicted molar refractivity (Wildman–Crippen MR) is 100 cm³/mol. The van der Waals surface area contributed by atoms with E-state index in [1.165, 1.54) is 89.2 Å². The maximum absolute atomic E-state index is 8.68. The van der Waals surface area contributed by atoms with Gasteiger partial charge < -0.3 is 5.11 Å². The normalized spacial score (nSPS) is 14.4. The summed E-state index contributed by atoms with van der Waals surface area (Å²) in [5.41, 5.74) is 0. The van der Waals surface area contributed by atoms with Gasteiger partial charge in [-0.2, -0.15) is 11.8 Å². The molecule has 0 amide bonds. The van der Waals surface area contributed by atoms with Crippen LogP contribution < -0.4 is 0 Å². The van der Waals surface area contributed by atoms with Crippen molar-refractivity contribution in [1.29, 1.82) is 0 Å². The first kappa shape index (κ1) is 19.9. The van der Waals surface area contributed by atoms with Crippen LogP contribution in [0.15, 0.2) is 0 Å². The van der Waals surface area contributed by atoms with Crippen LogP contribution in [-0.4, -0.2) is 23.2 Å². The molecule has 1 nitrogen and oxygen atoms in total. The summed E-state index contributed by atoms with van der Waals surface area (Å²) in [6.07, 6.45) is 19.1. The van der Waals surface area contributed by atoms with Gasteiger partial charge in [0.15, 0.2) is 0 Å². The van der Waals surface area contributed by atoms with Crippen molar-refractivity contribution in [2.75, 3.05) is 18.1 Å². The number of hydrogen-bond acceptors (Lipinski definition) is 2.